The molecule has 1 aliphatic carbocycles. The van der Waals surface area contributed by atoms with E-state index in [4.69, 9.17) is 11.6 Å². The van der Waals surface area contributed by atoms with E-state index in [0.717, 1.165) is 12.1 Å². The summed E-state index contributed by atoms with van der Waals surface area (Å²) in [6.07, 6.45) is -2.58. The Balaban J connectivity index is 1.36. The molecule has 0 atom stereocenters. The average molecular weight is 523 g/mol. The van der Waals surface area contributed by atoms with Gasteiger partial charge in [-0.15, -0.1) is 0 Å². The molecular weight excluding hydrogens is 505 g/mol. The lowest BCUT2D eigenvalue weighted by Gasteiger charge is -2.17. The number of halogens is 4. The molecule has 2 aromatic heterocycles. The van der Waals surface area contributed by atoms with Crippen LogP contribution in [0.3, 0.4) is 0 Å². The molecular formula is C22H18ClF3N6O4. The number of hydrogen-bond donors (Lipinski definition) is 5. The summed E-state index contributed by atoms with van der Waals surface area (Å²) in [4.78, 5) is 56.0. The number of carbonyl (C=O) groups excluding carboxylic acids is 2. The molecule has 0 spiro atoms. The molecule has 1 aromatic carbocycles. The quantitative estimate of drug-likeness (QED) is 0.322. The Bertz CT molecular complexity index is 1400. The van der Waals surface area contributed by atoms with Crippen molar-refractivity contribution in [3.8, 4) is 0 Å². The fraction of sp³-hybridized carbons (Fsp3) is 0.227. The fourth-order valence-corrected chi connectivity index (χ4v) is 3.54. The van der Waals surface area contributed by atoms with Crippen LogP contribution >= 0.6 is 11.6 Å². The SMILES string of the molecule is O=C(NC1(C(=O)NCc2ccc(Nc3ccc(Cl)cc3C(F)(F)F)cn2)CC1)c1cc(=O)[nH]c(=O)[nH]1. The van der Waals surface area contributed by atoms with Crippen molar-refractivity contribution in [2.75, 3.05) is 5.32 Å². The van der Waals surface area contributed by atoms with Crippen molar-refractivity contribution >= 4 is 34.8 Å². The van der Waals surface area contributed by atoms with Gasteiger partial charge in [0, 0.05) is 11.1 Å². The number of aromatic nitrogens is 3. The van der Waals surface area contributed by atoms with Gasteiger partial charge < -0.3 is 20.9 Å². The second kappa shape index (κ2) is 9.49. The predicted molar refractivity (Wildman–Crippen MR) is 123 cm³/mol. The number of amides is 2. The molecule has 1 saturated carbocycles. The standard InChI is InChI=1S/C22H18ClF3N6O4/c23-11-1-4-15(14(7-11)22(24,25)26)29-13-3-2-12(27-10-13)9-28-19(35)21(5-6-21)32-18(34)16-8-17(33)31-20(36)30-16/h1-4,7-8,10,29H,5-6,9H2,(H,28,35)(H,32,34)(H2,30,31,33,36). The highest BCUT2D eigenvalue weighted by molar-refractivity contribution is 6.30. The Kier molecular flexibility index (Phi) is 6.59. The molecule has 2 heterocycles. The van der Waals surface area contributed by atoms with Gasteiger partial charge in [0.25, 0.3) is 11.5 Å². The minimum Gasteiger partial charge on any atom is -0.354 e. The maximum atomic E-state index is 13.3. The van der Waals surface area contributed by atoms with E-state index in [-0.39, 0.29) is 28.6 Å². The Hall–Kier alpha value is -4.13. The number of nitrogens with zero attached hydrogens (tertiary/aromatic N) is 1. The summed E-state index contributed by atoms with van der Waals surface area (Å²) >= 11 is 5.69. The van der Waals surface area contributed by atoms with Crippen LogP contribution in [0.25, 0.3) is 0 Å². The van der Waals surface area contributed by atoms with Crippen molar-refractivity contribution in [2.45, 2.75) is 31.1 Å². The van der Waals surface area contributed by atoms with E-state index >= 15 is 0 Å². The Morgan fingerprint density at radius 3 is 2.44 bits per heavy atom. The molecule has 188 valence electrons. The van der Waals surface area contributed by atoms with Crippen molar-refractivity contribution in [1.82, 2.24) is 25.6 Å². The molecule has 1 aliphatic rings. The zero-order valence-electron chi connectivity index (χ0n) is 18.3. The minimum absolute atomic E-state index is 0.00663. The number of aromatic amines is 2. The third kappa shape index (κ3) is 5.74. The highest BCUT2D eigenvalue weighted by Crippen LogP contribution is 2.38. The second-order valence-electron chi connectivity index (χ2n) is 8.07. The van der Waals surface area contributed by atoms with Gasteiger partial charge in [0.1, 0.15) is 11.2 Å². The van der Waals surface area contributed by atoms with Gasteiger partial charge in [-0.05, 0) is 43.2 Å². The van der Waals surface area contributed by atoms with Gasteiger partial charge >= 0.3 is 11.9 Å². The van der Waals surface area contributed by atoms with Crippen molar-refractivity contribution < 1.29 is 22.8 Å². The van der Waals surface area contributed by atoms with Crippen molar-refractivity contribution in [3.05, 3.63) is 85.4 Å². The number of H-pyrrole nitrogens is 2. The fourth-order valence-electron chi connectivity index (χ4n) is 3.37. The topological polar surface area (TPSA) is 149 Å². The van der Waals surface area contributed by atoms with Gasteiger partial charge in [0.15, 0.2) is 0 Å². The van der Waals surface area contributed by atoms with Crippen molar-refractivity contribution in [3.63, 3.8) is 0 Å². The number of anilines is 2. The van der Waals surface area contributed by atoms with Crippen molar-refractivity contribution in [2.24, 2.45) is 0 Å². The van der Waals surface area contributed by atoms with Gasteiger partial charge in [0.05, 0.1) is 35.4 Å². The second-order valence-corrected chi connectivity index (χ2v) is 8.51. The molecule has 3 aromatic rings. The summed E-state index contributed by atoms with van der Waals surface area (Å²) in [6, 6.07) is 7.29. The monoisotopic (exact) mass is 522 g/mol. The largest absolute Gasteiger partial charge is 0.418 e. The van der Waals surface area contributed by atoms with E-state index < -0.39 is 40.3 Å². The first-order valence-corrected chi connectivity index (χ1v) is 10.9. The maximum Gasteiger partial charge on any atom is 0.418 e. The highest BCUT2D eigenvalue weighted by Gasteiger charge is 2.51. The molecule has 0 saturated heterocycles. The number of nitrogens with one attached hydrogen (secondary N) is 5. The summed E-state index contributed by atoms with van der Waals surface area (Å²) in [5.74, 6) is -1.26. The molecule has 0 radical (unpaired) electrons. The van der Waals surface area contributed by atoms with Gasteiger partial charge in [0.2, 0.25) is 5.91 Å². The number of hydrogen-bond acceptors (Lipinski definition) is 6. The van der Waals surface area contributed by atoms with E-state index in [0.29, 0.717) is 18.5 Å². The molecule has 10 nitrogen and oxygen atoms in total. The molecule has 4 rings (SSSR count). The molecule has 0 aliphatic heterocycles. The third-order valence-corrected chi connectivity index (χ3v) is 5.60. The van der Waals surface area contributed by atoms with E-state index in [1.807, 2.05) is 4.98 Å². The Morgan fingerprint density at radius 2 is 1.83 bits per heavy atom. The van der Waals surface area contributed by atoms with Crippen LogP contribution in [0.4, 0.5) is 24.5 Å². The van der Waals surface area contributed by atoms with Crippen LogP contribution in [0.5, 0.6) is 0 Å². The summed E-state index contributed by atoms with van der Waals surface area (Å²) < 4.78 is 39.8. The highest BCUT2D eigenvalue weighted by atomic mass is 35.5. The first-order chi connectivity index (χ1) is 16.9. The van der Waals surface area contributed by atoms with Gasteiger partial charge in [-0.2, -0.15) is 13.2 Å². The van der Waals surface area contributed by atoms with Gasteiger partial charge in [-0.25, -0.2) is 4.79 Å². The maximum absolute atomic E-state index is 13.3. The molecule has 0 unspecified atom stereocenters. The third-order valence-electron chi connectivity index (χ3n) is 5.36. The van der Waals surface area contributed by atoms with Crippen LogP contribution in [0.2, 0.25) is 5.02 Å². The lowest BCUT2D eigenvalue weighted by atomic mass is 10.1. The number of alkyl halides is 3. The van der Waals surface area contributed by atoms with Crippen LogP contribution < -0.4 is 27.2 Å². The Labute approximate surface area is 205 Å². The molecule has 5 N–H and O–H groups in total. The van der Waals surface area contributed by atoms with Crippen LogP contribution in [-0.2, 0) is 17.5 Å². The first-order valence-electron chi connectivity index (χ1n) is 10.5. The van der Waals surface area contributed by atoms with Crippen LogP contribution in [0.1, 0.15) is 34.6 Å². The van der Waals surface area contributed by atoms with Crippen LogP contribution in [-0.4, -0.2) is 32.3 Å². The Morgan fingerprint density at radius 1 is 1.08 bits per heavy atom. The molecule has 36 heavy (non-hydrogen) atoms. The predicted octanol–water partition coefficient (Wildman–Crippen LogP) is 2.45. The van der Waals surface area contributed by atoms with E-state index in [9.17, 15) is 32.3 Å². The van der Waals surface area contributed by atoms with E-state index in [2.05, 4.69) is 25.9 Å². The van der Waals surface area contributed by atoms with Crippen LogP contribution in [0.15, 0.2) is 52.2 Å². The molecule has 2 amide bonds. The van der Waals surface area contributed by atoms with Gasteiger partial charge in [-0.3, -0.25) is 24.4 Å². The normalized spacial score (nSPS) is 14.1. The van der Waals surface area contributed by atoms with Crippen LogP contribution in [0, 0.1) is 0 Å². The number of rotatable bonds is 7. The molecule has 0 bridgehead atoms. The van der Waals surface area contributed by atoms with E-state index in [1.165, 1.54) is 30.5 Å². The lowest BCUT2D eigenvalue weighted by molar-refractivity contribution is -0.137. The van der Waals surface area contributed by atoms with Gasteiger partial charge in [-0.1, -0.05) is 11.6 Å². The van der Waals surface area contributed by atoms with Crippen molar-refractivity contribution in [1.29, 1.82) is 0 Å². The first kappa shape index (κ1) is 25.0. The molecule has 14 heteroatoms. The number of benzene rings is 1. The number of carbonyl (C=O) groups is 2. The molecule has 1 fully saturated rings. The zero-order chi connectivity index (χ0) is 26.1. The zero-order valence-corrected chi connectivity index (χ0v) is 19.0. The average Bonchev–Trinajstić information content (AvgIpc) is 3.59. The summed E-state index contributed by atoms with van der Waals surface area (Å²) in [5, 5.41) is 7.78. The summed E-state index contributed by atoms with van der Waals surface area (Å²) in [6.45, 7) is -0.00663. The van der Waals surface area contributed by atoms with E-state index in [1.54, 1.807) is 0 Å². The summed E-state index contributed by atoms with van der Waals surface area (Å²) in [5.41, 5.74) is -3.47. The smallest absolute Gasteiger partial charge is 0.354 e. The lowest BCUT2D eigenvalue weighted by Crippen LogP contribution is -2.49. The minimum atomic E-state index is -4.61. The summed E-state index contributed by atoms with van der Waals surface area (Å²) in [7, 11) is 0. The number of pyridine rings is 1.